The standard InChI is InChI=1S/C28H25F2N5O3/c1-38-20-12-10-18(11-13-20)16-31-27-32-24-14-15-34(28(37)33-25-22(29)8-5-9-23(25)30)17-21(24)26(36)35(27)19-6-3-2-4-7-19/h2-13H,14-17H2,1H3,(H,31,32)(H,33,37). The first-order chi connectivity index (χ1) is 18.4. The third-order valence-electron chi connectivity index (χ3n) is 6.34. The van der Waals surface area contributed by atoms with Gasteiger partial charge in [0.1, 0.15) is 23.1 Å². The number of nitrogens with zero attached hydrogens (tertiary/aromatic N) is 3. The van der Waals surface area contributed by atoms with Crippen molar-refractivity contribution in [3.05, 3.63) is 112 Å². The summed E-state index contributed by atoms with van der Waals surface area (Å²) in [5, 5.41) is 5.56. The smallest absolute Gasteiger partial charge is 0.322 e. The predicted molar refractivity (Wildman–Crippen MR) is 140 cm³/mol. The zero-order chi connectivity index (χ0) is 26.6. The van der Waals surface area contributed by atoms with Crippen molar-refractivity contribution in [2.45, 2.75) is 19.5 Å². The van der Waals surface area contributed by atoms with Crippen LogP contribution in [0.1, 0.15) is 16.8 Å². The molecule has 0 unspecified atom stereocenters. The SMILES string of the molecule is COc1ccc(CNc2nc3c(c(=O)n2-c2ccccc2)CN(C(=O)Nc2c(F)cccc2F)CC3)cc1. The van der Waals surface area contributed by atoms with E-state index in [0.717, 1.165) is 23.4 Å². The van der Waals surface area contributed by atoms with E-state index in [9.17, 15) is 18.4 Å². The summed E-state index contributed by atoms with van der Waals surface area (Å²) < 4.78 is 34.8. The van der Waals surface area contributed by atoms with Gasteiger partial charge in [-0.2, -0.15) is 0 Å². The van der Waals surface area contributed by atoms with E-state index in [0.29, 0.717) is 35.9 Å². The molecule has 10 heteroatoms. The molecule has 1 aromatic heterocycles. The van der Waals surface area contributed by atoms with Crippen molar-refractivity contribution in [1.82, 2.24) is 14.5 Å². The molecule has 0 saturated heterocycles. The quantitative estimate of drug-likeness (QED) is 0.386. The maximum Gasteiger partial charge on any atom is 0.322 e. The van der Waals surface area contributed by atoms with Crippen LogP contribution in [0.4, 0.5) is 25.2 Å². The van der Waals surface area contributed by atoms with Crippen LogP contribution in [0.5, 0.6) is 5.75 Å². The predicted octanol–water partition coefficient (Wildman–Crippen LogP) is 4.72. The zero-order valence-electron chi connectivity index (χ0n) is 20.6. The molecule has 0 spiro atoms. The number of halogens is 2. The lowest BCUT2D eigenvalue weighted by Crippen LogP contribution is -2.43. The van der Waals surface area contributed by atoms with E-state index in [2.05, 4.69) is 10.6 Å². The number of carbonyl (C=O) groups excluding carboxylic acids is 1. The van der Waals surface area contributed by atoms with E-state index >= 15 is 0 Å². The molecular weight excluding hydrogens is 492 g/mol. The van der Waals surface area contributed by atoms with E-state index < -0.39 is 23.4 Å². The second-order valence-electron chi connectivity index (χ2n) is 8.74. The van der Waals surface area contributed by atoms with Crippen molar-refractivity contribution in [3.8, 4) is 11.4 Å². The van der Waals surface area contributed by atoms with Gasteiger partial charge in [-0.25, -0.2) is 23.1 Å². The Morgan fingerprint density at radius 3 is 2.39 bits per heavy atom. The maximum absolute atomic E-state index is 14.0. The van der Waals surface area contributed by atoms with Crippen molar-refractivity contribution in [3.63, 3.8) is 0 Å². The Kier molecular flexibility index (Phi) is 7.03. The molecule has 4 aromatic rings. The molecular formula is C28H25F2N5O3. The van der Waals surface area contributed by atoms with Crippen LogP contribution in [0.2, 0.25) is 0 Å². The number of hydrogen-bond donors (Lipinski definition) is 2. The minimum atomic E-state index is -0.878. The number of anilines is 2. The van der Waals surface area contributed by atoms with Gasteiger partial charge in [0.15, 0.2) is 0 Å². The number of carbonyl (C=O) groups is 1. The van der Waals surface area contributed by atoms with Gasteiger partial charge in [-0.05, 0) is 42.0 Å². The van der Waals surface area contributed by atoms with Crippen molar-refractivity contribution in [1.29, 1.82) is 0 Å². The lowest BCUT2D eigenvalue weighted by molar-refractivity contribution is 0.205. The molecule has 194 valence electrons. The van der Waals surface area contributed by atoms with Crippen molar-refractivity contribution >= 4 is 17.7 Å². The largest absolute Gasteiger partial charge is 0.497 e. The Morgan fingerprint density at radius 1 is 1.00 bits per heavy atom. The number of hydrogen-bond acceptors (Lipinski definition) is 5. The zero-order valence-corrected chi connectivity index (χ0v) is 20.6. The van der Waals surface area contributed by atoms with E-state index in [1.54, 1.807) is 19.2 Å². The third kappa shape index (κ3) is 5.06. The second kappa shape index (κ2) is 10.7. The average Bonchev–Trinajstić information content (AvgIpc) is 2.94. The summed E-state index contributed by atoms with van der Waals surface area (Å²) >= 11 is 0. The Morgan fingerprint density at radius 2 is 1.71 bits per heavy atom. The molecule has 5 rings (SSSR count). The molecule has 0 saturated carbocycles. The highest BCUT2D eigenvalue weighted by Crippen LogP contribution is 2.23. The average molecular weight is 518 g/mol. The van der Waals surface area contributed by atoms with E-state index in [-0.39, 0.29) is 18.6 Å². The number of para-hydroxylation sites is 2. The second-order valence-corrected chi connectivity index (χ2v) is 8.74. The molecule has 0 aliphatic carbocycles. The normalized spacial score (nSPS) is 12.6. The van der Waals surface area contributed by atoms with Crippen LogP contribution in [0.25, 0.3) is 5.69 Å². The number of fused-ring (bicyclic) bond motifs is 1. The summed E-state index contributed by atoms with van der Waals surface area (Å²) in [4.78, 5) is 32.7. The lowest BCUT2D eigenvalue weighted by Gasteiger charge is -2.29. The van der Waals surface area contributed by atoms with Crippen LogP contribution in [0.15, 0.2) is 77.6 Å². The number of nitrogens with one attached hydrogen (secondary N) is 2. The summed E-state index contributed by atoms with van der Waals surface area (Å²) in [5.41, 5.74) is 1.65. The number of amides is 2. The topological polar surface area (TPSA) is 88.5 Å². The molecule has 2 N–H and O–H groups in total. The fraction of sp³-hybridized carbons (Fsp3) is 0.179. The molecule has 0 bridgehead atoms. The van der Waals surface area contributed by atoms with Crippen LogP contribution in [0, 0.1) is 11.6 Å². The minimum Gasteiger partial charge on any atom is -0.497 e. The van der Waals surface area contributed by atoms with E-state index in [1.807, 2.05) is 42.5 Å². The Balaban J connectivity index is 1.44. The minimum absolute atomic E-state index is 0.0470. The van der Waals surface area contributed by atoms with Gasteiger partial charge in [-0.3, -0.25) is 4.79 Å². The Bertz CT molecular complexity index is 1500. The molecule has 2 amide bonds. The summed E-state index contributed by atoms with van der Waals surface area (Å²) in [7, 11) is 1.60. The highest BCUT2D eigenvalue weighted by Gasteiger charge is 2.27. The van der Waals surface area contributed by atoms with E-state index in [4.69, 9.17) is 9.72 Å². The number of urea groups is 1. The van der Waals surface area contributed by atoms with Crippen molar-refractivity contribution in [2.75, 3.05) is 24.3 Å². The number of aromatic nitrogens is 2. The van der Waals surface area contributed by atoms with Gasteiger partial charge in [0.25, 0.3) is 5.56 Å². The Hall–Kier alpha value is -4.73. The molecule has 1 aliphatic rings. The van der Waals surface area contributed by atoms with Gasteiger partial charge < -0.3 is 20.3 Å². The summed E-state index contributed by atoms with van der Waals surface area (Å²) in [6.45, 7) is 0.605. The van der Waals surface area contributed by atoms with E-state index in [1.165, 1.54) is 15.5 Å². The molecule has 0 atom stereocenters. The summed E-state index contributed by atoms with van der Waals surface area (Å²) in [6.07, 6.45) is 0.310. The highest BCUT2D eigenvalue weighted by molar-refractivity contribution is 5.89. The summed E-state index contributed by atoms with van der Waals surface area (Å²) in [5.74, 6) is -0.636. The van der Waals surface area contributed by atoms with Crippen LogP contribution < -0.4 is 20.9 Å². The monoisotopic (exact) mass is 517 g/mol. The molecule has 8 nitrogen and oxygen atoms in total. The first kappa shape index (κ1) is 24.9. The molecule has 1 aliphatic heterocycles. The van der Waals surface area contributed by atoms with Crippen LogP contribution >= 0.6 is 0 Å². The van der Waals surface area contributed by atoms with Gasteiger partial charge >= 0.3 is 6.03 Å². The lowest BCUT2D eigenvalue weighted by atomic mass is 10.1. The van der Waals surface area contributed by atoms with Crippen LogP contribution in [0.3, 0.4) is 0 Å². The molecule has 2 heterocycles. The Labute approximate surface area is 217 Å². The van der Waals surface area contributed by atoms with Crippen molar-refractivity contribution in [2.24, 2.45) is 0 Å². The number of rotatable bonds is 6. The third-order valence-corrected chi connectivity index (χ3v) is 6.34. The van der Waals surface area contributed by atoms with Gasteiger partial charge in [0.05, 0.1) is 30.6 Å². The number of benzene rings is 3. The first-order valence-corrected chi connectivity index (χ1v) is 12.0. The van der Waals surface area contributed by atoms with Gasteiger partial charge in [-0.15, -0.1) is 0 Å². The number of ether oxygens (including phenoxy) is 1. The summed E-state index contributed by atoms with van der Waals surface area (Å²) in [6, 6.07) is 19.3. The fourth-order valence-corrected chi connectivity index (χ4v) is 4.31. The number of methoxy groups -OCH3 is 1. The van der Waals surface area contributed by atoms with Gasteiger partial charge in [0, 0.05) is 19.5 Å². The van der Waals surface area contributed by atoms with Gasteiger partial charge in [-0.1, -0.05) is 36.4 Å². The fourth-order valence-electron chi connectivity index (χ4n) is 4.31. The van der Waals surface area contributed by atoms with Crippen LogP contribution in [-0.4, -0.2) is 34.1 Å². The first-order valence-electron chi connectivity index (χ1n) is 12.0. The maximum atomic E-state index is 14.0. The molecule has 0 radical (unpaired) electrons. The van der Waals surface area contributed by atoms with Gasteiger partial charge in [0.2, 0.25) is 5.95 Å². The molecule has 3 aromatic carbocycles. The van der Waals surface area contributed by atoms with Crippen LogP contribution in [-0.2, 0) is 19.5 Å². The highest BCUT2D eigenvalue weighted by atomic mass is 19.1. The molecule has 38 heavy (non-hydrogen) atoms. The van der Waals surface area contributed by atoms with Crippen molar-refractivity contribution < 1.29 is 18.3 Å². The molecule has 0 fully saturated rings.